The van der Waals surface area contributed by atoms with Crippen molar-refractivity contribution in [1.82, 2.24) is 15.5 Å². The molecule has 1 atom stereocenters. The summed E-state index contributed by atoms with van der Waals surface area (Å²) in [6.07, 6.45) is 3.83. The molecule has 1 aromatic carbocycles. The van der Waals surface area contributed by atoms with Gasteiger partial charge in [-0.1, -0.05) is 23.7 Å². The zero-order valence-electron chi connectivity index (χ0n) is 16.2. The zero-order chi connectivity index (χ0) is 19.5. The number of carbonyl (C=O) groups excluding carboxylic acids is 1. The first kappa shape index (κ1) is 21.5. The molecule has 7 heteroatoms. The number of amides is 1. The van der Waals surface area contributed by atoms with Gasteiger partial charge in [0.15, 0.2) is 5.96 Å². The Hall–Kier alpha value is -1.79. The van der Waals surface area contributed by atoms with Gasteiger partial charge in [-0.2, -0.15) is 0 Å². The molecule has 1 heterocycles. The normalized spacial score (nSPS) is 18.3. The third-order valence-corrected chi connectivity index (χ3v) is 4.98. The van der Waals surface area contributed by atoms with Gasteiger partial charge in [-0.05, 0) is 63.4 Å². The Kier molecular flexibility index (Phi) is 9.42. The van der Waals surface area contributed by atoms with E-state index in [1.165, 1.54) is 5.56 Å². The molecule has 0 radical (unpaired) electrons. The highest BCUT2D eigenvalue weighted by Crippen LogP contribution is 2.16. The van der Waals surface area contributed by atoms with Crippen LogP contribution in [0, 0.1) is 5.92 Å². The van der Waals surface area contributed by atoms with Crippen molar-refractivity contribution in [2.75, 3.05) is 39.3 Å². The summed E-state index contributed by atoms with van der Waals surface area (Å²) in [6, 6.07) is 7.93. The number of guanidine groups is 1. The van der Waals surface area contributed by atoms with Gasteiger partial charge in [0.1, 0.15) is 0 Å². The van der Waals surface area contributed by atoms with Crippen LogP contribution in [0.4, 0.5) is 0 Å². The number of primary amides is 1. The molecular weight excluding hydrogens is 362 g/mol. The maximum absolute atomic E-state index is 11.4. The number of likely N-dealkylation sites (tertiary alicyclic amines) is 1. The quantitative estimate of drug-likeness (QED) is 0.340. The van der Waals surface area contributed by atoms with E-state index in [-0.39, 0.29) is 11.8 Å². The predicted molar refractivity (Wildman–Crippen MR) is 112 cm³/mol. The van der Waals surface area contributed by atoms with Gasteiger partial charge in [0.2, 0.25) is 5.91 Å². The Bertz CT molecular complexity index is 622. The summed E-state index contributed by atoms with van der Waals surface area (Å²) in [4.78, 5) is 18.3. The van der Waals surface area contributed by atoms with Crippen molar-refractivity contribution in [3.05, 3.63) is 34.9 Å². The number of nitrogens with one attached hydrogen (secondary N) is 2. The number of carbonyl (C=O) groups is 1. The maximum atomic E-state index is 11.4. The fourth-order valence-corrected chi connectivity index (χ4v) is 3.55. The highest BCUT2D eigenvalue weighted by molar-refractivity contribution is 6.30. The van der Waals surface area contributed by atoms with Crippen LogP contribution in [0.15, 0.2) is 29.3 Å². The SMILES string of the molecule is CCNC(=NCCCN1CCCC(C(N)=O)C1)NCCc1cccc(Cl)c1. The fraction of sp³-hybridized carbons (Fsp3) is 0.600. The molecule has 0 saturated carbocycles. The van der Waals surface area contributed by atoms with Gasteiger partial charge in [0, 0.05) is 31.2 Å². The minimum absolute atomic E-state index is 0.00715. The lowest BCUT2D eigenvalue weighted by molar-refractivity contribution is -0.123. The van der Waals surface area contributed by atoms with Crippen LogP contribution in [-0.2, 0) is 11.2 Å². The molecule has 4 N–H and O–H groups in total. The summed E-state index contributed by atoms with van der Waals surface area (Å²) in [6.45, 7) is 7.24. The lowest BCUT2D eigenvalue weighted by atomic mass is 9.97. The number of piperidine rings is 1. The number of rotatable bonds is 9. The van der Waals surface area contributed by atoms with Crippen LogP contribution in [0.5, 0.6) is 0 Å². The summed E-state index contributed by atoms with van der Waals surface area (Å²) in [5.41, 5.74) is 6.65. The van der Waals surface area contributed by atoms with E-state index in [4.69, 9.17) is 17.3 Å². The lowest BCUT2D eigenvalue weighted by Crippen LogP contribution is -2.41. The Morgan fingerprint density at radius 1 is 1.41 bits per heavy atom. The van der Waals surface area contributed by atoms with E-state index < -0.39 is 0 Å². The van der Waals surface area contributed by atoms with Crippen molar-refractivity contribution in [2.24, 2.45) is 16.6 Å². The third kappa shape index (κ3) is 8.18. The second-order valence-electron chi connectivity index (χ2n) is 6.96. The van der Waals surface area contributed by atoms with Crippen LogP contribution in [0.3, 0.4) is 0 Å². The summed E-state index contributed by atoms with van der Waals surface area (Å²) in [5, 5.41) is 7.42. The summed E-state index contributed by atoms with van der Waals surface area (Å²) < 4.78 is 0. The highest BCUT2D eigenvalue weighted by atomic mass is 35.5. The van der Waals surface area contributed by atoms with E-state index in [2.05, 4.69) is 33.5 Å². The first-order valence-corrected chi connectivity index (χ1v) is 10.2. The smallest absolute Gasteiger partial charge is 0.221 e. The monoisotopic (exact) mass is 393 g/mol. The lowest BCUT2D eigenvalue weighted by Gasteiger charge is -2.30. The molecule has 6 nitrogen and oxygen atoms in total. The number of hydrogen-bond donors (Lipinski definition) is 3. The Morgan fingerprint density at radius 3 is 3.00 bits per heavy atom. The number of halogens is 1. The number of benzene rings is 1. The highest BCUT2D eigenvalue weighted by Gasteiger charge is 2.23. The molecule has 1 amide bonds. The van der Waals surface area contributed by atoms with E-state index >= 15 is 0 Å². The van der Waals surface area contributed by atoms with Crippen LogP contribution >= 0.6 is 11.6 Å². The fourth-order valence-electron chi connectivity index (χ4n) is 3.34. The van der Waals surface area contributed by atoms with Crippen molar-refractivity contribution < 1.29 is 4.79 Å². The molecule has 1 aliphatic heterocycles. The molecule has 1 saturated heterocycles. The summed E-state index contributed by atoms with van der Waals surface area (Å²) in [5.74, 6) is 0.678. The van der Waals surface area contributed by atoms with Gasteiger partial charge < -0.3 is 21.3 Å². The van der Waals surface area contributed by atoms with Crippen molar-refractivity contribution in [3.63, 3.8) is 0 Å². The van der Waals surface area contributed by atoms with E-state index in [0.717, 1.165) is 75.9 Å². The van der Waals surface area contributed by atoms with Crippen molar-refractivity contribution in [3.8, 4) is 0 Å². The maximum Gasteiger partial charge on any atom is 0.221 e. The molecule has 0 spiro atoms. The van der Waals surface area contributed by atoms with Gasteiger partial charge in [-0.25, -0.2) is 0 Å². The molecule has 1 aliphatic rings. The Balaban J connectivity index is 1.70. The third-order valence-electron chi connectivity index (χ3n) is 4.75. The second kappa shape index (κ2) is 11.8. The van der Waals surface area contributed by atoms with Crippen LogP contribution in [0.2, 0.25) is 5.02 Å². The van der Waals surface area contributed by atoms with Gasteiger partial charge in [0.25, 0.3) is 0 Å². The van der Waals surface area contributed by atoms with E-state index in [9.17, 15) is 4.79 Å². The number of aliphatic imine (C=N–C) groups is 1. The van der Waals surface area contributed by atoms with Gasteiger partial charge in [-0.3, -0.25) is 9.79 Å². The molecule has 0 aromatic heterocycles. The molecular formula is C20H32ClN5O. The van der Waals surface area contributed by atoms with Gasteiger partial charge in [0.05, 0.1) is 5.92 Å². The first-order valence-electron chi connectivity index (χ1n) is 9.86. The van der Waals surface area contributed by atoms with Crippen LogP contribution in [-0.4, -0.2) is 56.0 Å². The van der Waals surface area contributed by atoms with Crippen molar-refractivity contribution in [2.45, 2.75) is 32.6 Å². The summed E-state index contributed by atoms with van der Waals surface area (Å²) in [7, 11) is 0. The van der Waals surface area contributed by atoms with Gasteiger partial charge in [-0.15, -0.1) is 0 Å². The zero-order valence-corrected chi connectivity index (χ0v) is 17.0. The minimum atomic E-state index is -0.170. The Morgan fingerprint density at radius 2 is 2.26 bits per heavy atom. The summed E-state index contributed by atoms with van der Waals surface area (Å²) >= 11 is 6.02. The van der Waals surface area contributed by atoms with Crippen molar-refractivity contribution >= 4 is 23.5 Å². The second-order valence-corrected chi connectivity index (χ2v) is 7.40. The number of nitrogens with zero attached hydrogens (tertiary/aromatic N) is 2. The van der Waals surface area contributed by atoms with Gasteiger partial charge >= 0.3 is 0 Å². The predicted octanol–water partition coefficient (Wildman–Crippen LogP) is 2.03. The molecule has 1 fully saturated rings. The largest absolute Gasteiger partial charge is 0.369 e. The molecule has 150 valence electrons. The molecule has 1 unspecified atom stereocenters. The van der Waals surface area contributed by atoms with Crippen LogP contribution in [0.25, 0.3) is 0 Å². The molecule has 27 heavy (non-hydrogen) atoms. The topological polar surface area (TPSA) is 82.8 Å². The van der Waals surface area contributed by atoms with Crippen LogP contribution < -0.4 is 16.4 Å². The standard InChI is InChI=1S/C20H32ClN5O/c1-2-23-20(25-11-9-16-6-3-8-18(21)14-16)24-10-5-13-26-12-4-7-17(15-26)19(22)27/h3,6,8,14,17H,2,4-5,7,9-13,15H2,1H3,(H2,22,27)(H2,23,24,25). The average Bonchev–Trinajstić information content (AvgIpc) is 2.65. The first-order chi connectivity index (χ1) is 13.1. The average molecular weight is 394 g/mol. The van der Waals surface area contributed by atoms with E-state index in [1.54, 1.807) is 0 Å². The molecule has 0 aliphatic carbocycles. The van der Waals surface area contributed by atoms with Crippen LogP contribution in [0.1, 0.15) is 31.7 Å². The van der Waals surface area contributed by atoms with Crippen molar-refractivity contribution in [1.29, 1.82) is 0 Å². The van der Waals surface area contributed by atoms with E-state index in [0.29, 0.717) is 0 Å². The Labute approximate surface area is 167 Å². The molecule has 2 rings (SSSR count). The number of nitrogens with two attached hydrogens (primary N) is 1. The number of hydrogen-bond acceptors (Lipinski definition) is 3. The molecule has 0 bridgehead atoms. The van der Waals surface area contributed by atoms with E-state index in [1.807, 2.05) is 18.2 Å². The minimum Gasteiger partial charge on any atom is -0.369 e. The molecule has 1 aromatic rings.